The number of thiophene rings is 1. The van der Waals surface area contributed by atoms with Gasteiger partial charge in [-0.15, -0.1) is 11.3 Å². The van der Waals surface area contributed by atoms with Crippen LogP contribution >= 0.6 is 11.3 Å². The molecule has 0 radical (unpaired) electrons. The lowest BCUT2D eigenvalue weighted by molar-refractivity contribution is 0.869. The Bertz CT molecular complexity index is 628. The smallest absolute Gasteiger partial charge is 0.207 e. The third-order valence-electron chi connectivity index (χ3n) is 2.99. The minimum Gasteiger partial charge on any atom is -0.348 e. The first-order chi connectivity index (χ1) is 9.34. The fourth-order valence-electron chi connectivity index (χ4n) is 2.01. The summed E-state index contributed by atoms with van der Waals surface area (Å²) < 4.78 is 2.06. The molecule has 1 atom stereocenters. The highest BCUT2D eigenvalue weighted by molar-refractivity contribution is 7.10. The molecule has 0 aliphatic heterocycles. The summed E-state index contributed by atoms with van der Waals surface area (Å²) in [5.74, 6) is 0.868. The van der Waals surface area contributed by atoms with Crippen molar-refractivity contribution in [3.05, 3.63) is 65.1 Å². The van der Waals surface area contributed by atoms with E-state index >= 15 is 0 Å². The molecule has 96 valence electrons. The largest absolute Gasteiger partial charge is 0.348 e. The highest BCUT2D eigenvalue weighted by Crippen LogP contribution is 2.23. The van der Waals surface area contributed by atoms with Crippen molar-refractivity contribution < 1.29 is 0 Å². The third kappa shape index (κ3) is 2.53. The van der Waals surface area contributed by atoms with Gasteiger partial charge >= 0.3 is 0 Å². The third-order valence-corrected chi connectivity index (χ3v) is 4.05. The molecule has 0 aliphatic rings. The number of benzene rings is 1. The highest BCUT2D eigenvalue weighted by Gasteiger charge is 2.10. The summed E-state index contributed by atoms with van der Waals surface area (Å²) in [7, 11) is 0. The monoisotopic (exact) mass is 269 g/mol. The van der Waals surface area contributed by atoms with Gasteiger partial charge in [0.1, 0.15) is 0 Å². The van der Waals surface area contributed by atoms with Crippen LogP contribution in [0, 0.1) is 0 Å². The number of para-hydroxylation sites is 1. The summed E-state index contributed by atoms with van der Waals surface area (Å²) in [5, 5.41) is 5.55. The summed E-state index contributed by atoms with van der Waals surface area (Å²) in [4.78, 5) is 5.71. The van der Waals surface area contributed by atoms with Crippen molar-refractivity contribution in [3.8, 4) is 5.69 Å². The Labute approximate surface area is 116 Å². The molecule has 3 aromatic rings. The molecular formula is C15H15N3S. The maximum Gasteiger partial charge on any atom is 0.207 e. The van der Waals surface area contributed by atoms with Crippen LogP contribution in [0.3, 0.4) is 0 Å². The van der Waals surface area contributed by atoms with Crippen molar-refractivity contribution in [2.24, 2.45) is 0 Å². The fourth-order valence-corrected chi connectivity index (χ4v) is 2.74. The predicted molar refractivity (Wildman–Crippen MR) is 79.9 cm³/mol. The second-order valence-corrected chi connectivity index (χ2v) is 5.32. The maximum atomic E-state index is 4.40. The first-order valence-corrected chi connectivity index (χ1v) is 7.11. The van der Waals surface area contributed by atoms with Crippen LogP contribution in [0.1, 0.15) is 17.8 Å². The van der Waals surface area contributed by atoms with Gasteiger partial charge in [-0.3, -0.25) is 4.57 Å². The zero-order valence-electron chi connectivity index (χ0n) is 10.7. The van der Waals surface area contributed by atoms with Gasteiger partial charge in [-0.25, -0.2) is 4.98 Å². The number of hydrogen-bond donors (Lipinski definition) is 1. The van der Waals surface area contributed by atoms with E-state index in [0.717, 1.165) is 11.6 Å². The number of nitrogens with one attached hydrogen (secondary N) is 1. The Morgan fingerprint density at radius 2 is 2.00 bits per heavy atom. The zero-order valence-corrected chi connectivity index (χ0v) is 11.5. The zero-order chi connectivity index (χ0) is 13.1. The van der Waals surface area contributed by atoms with E-state index in [1.165, 1.54) is 4.88 Å². The average Bonchev–Trinajstić information content (AvgIpc) is 3.11. The summed E-state index contributed by atoms with van der Waals surface area (Å²) >= 11 is 1.76. The van der Waals surface area contributed by atoms with Gasteiger partial charge in [0, 0.05) is 23.0 Å². The van der Waals surface area contributed by atoms with Crippen LogP contribution in [-0.2, 0) is 0 Å². The Morgan fingerprint density at radius 1 is 1.16 bits per heavy atom. The predicted octanol–water partition coefficient (Wildman–Crippen LogP) is 4.11. The Kier molecular flexibility index (Phi) is 3.33. The lowest BCUT2D eigenvalue weighted by atomic mass is 10.3. The van der Waals surface area contributed by atoms with Gasteiger partial charge in [-0.2, -0.15) is 0 Å². The molecule has 1 unspecified atom stereocenters. The number of hydrogen-bond acceptors (Lipinski definition) is 3. The molecule has 4 heteroatoms. The molecule has 3 rings (SSSR count). The van der Waals surface area contributed by atoms with Crippen molar-refractivity contribution in [1.29, 1.82) is 0 Å². The molecule has 1 aromatic carbocycles. The van der Waals surface area contributed by atoms with Gasteiger partial charge in [0.25, 0.3) is 0 Å². The van der Waals surface area contributed by atoms with Crippen LogP contribution in [0.25, 0.3) is 5.69 Å². The lowest BCUT2D eigenvalue weighted by Gasteiger charge is -2.14. The minimum absolute atomic E-state index is 0.255. The van der Waals surface area contributed by atoms with E-state index < -0.39 is 0 Å². The van der Waals surface area contributed by atoms with E-state index in [9.17, 15) is 0 Å². The lowest BCUT2D eigenvalue weighted by Crippen LogP contribution is -2.09. The second-order valence-electron chi connectivity index (χ2n) is 4.34. The SMILES string of the molecule is CC(Nc1nccn1-c1ccccc1)c1cccs1. The summed E-state index contributed by atoms with van der Waals surface area (Å²) in [6.45, 7) is 2.15. The van der Waals surface area contributed by atoms with Crippen LogP contribution < -0.4 is 5.32 Å². The van der Waals surface area contributed by atoms with Gasteiger partial charge in [0.05, 0.1) is 6.04 Å². The van der Waals surface area contributed by atoms with Gasteiger partial charge in [0.15, 0.2) is 0 Å². The van der Waals surface area contributed by atoms with E-state index in [1.54, 1.807) is 11.3 Å². The summed E-state index contributed by atoms with van der Waals surface area (Å²) in [6, 6.07) is 14.7. The van der Waals surface area contributed by atoms with Crippen LogP contribution in [-0.4, -0.2) is 9.55 Å². The maximum absolute atomic E-state index is 4.40. The second kappa shape index (κ2) is 5.28. The molecule has 0 aliphatic carbocycles. The molecular weight excluding hydrogens is 254 g/mol. The van der Waals surface area contributed by atoms with Gasteiger partial charge in [-0.1, -0.05) is 24.3 Å². The minimum atomic E-state index is 0.255. The molecule has 19 heavy (non-hydrogen) atoms. The van der Waals surface area contributed by atoms with E-state index in [4.69, 9.17) is 0 Å². The van der Waals surface area contributed by atoms with Gasteiger partial charge in [0.2, 0.25) is 5.95 Å². The molecule has 2 aromatic heterocycles. The Morgan fingerprint density at radius 3 is 2.74 bits per heavy atom. The highest BCUT2D eigenvalue weighted by atomic mass is 32.1. The van der Waals surface area contributed by atoms with E-state index in [0.29, 0.717) is 0 Å². The standard InChI is InChI=1S/C15H15N3S/c1-12(14-8-5-11-19-14)17-15-16-9-10-18(15)13-6-3-2-4-7-13/h2-12H,1H3,(H,16,17). The van der Waals surface area contributed by atoms with E-state index in [1.807, 2.05) is 30.6 Å². The van der Waals surface area contributed by atoms with E-state index in [-0.39, 0.29) is 6.04 Å². The molecule has 0 saturated carbocycles. The summed E-state index contributed by atoms with van der Waals surface area (Å²) in [5.41, 5.74) is 1.11. The van der Waals surface area contributed by atoms with Crippen LogP contribution in [0.2, 0.25) is 0 Å². The molecule has 1 N–H and O–H groups in total. The fraction of sp³-hybridized carbons (Fsp3) is 0.133. The molecule has 0 spiro atoms. The molecule has 2 heterocycles. The van der Waals surface area contributed by atoms with Crippen molar-refractivity contribution in [3.63, 3.8) is 0 Å². The quantitative estimate of drug-likeness (QED) is 0.772. The molecule has 3 nitrogen and oxygen atoms in total. The number of nitrogens with zero attached hydrogens (tertiary/aromatic N) is 2. The van der Waals surface area contributed by atoms with E-state index in [2.05, 4.69) is 51.4 Å². The number of rotatable bonds is 4. The normalized spacial score (nSPS) is 12.3. The molecule has 0 bridgehead atoms. The number of anilines is 1. The van der Waals surface area contributed by atoms with Crippen molar-refractivity contribution in [1.82, 2.24) is 9.55 Å². The van der Waals surface area contributed by atoms with Crippen LogP contribution in [0.15, 0.2) is 60.2 Å². The Balaban J connectivity index is 1.85. The Hall–Kier alpha value is -2.07. The summed E-state index contributed by atoms with van der Waals surface area (Å²) in [6.07, 6.45) is 3.79. The van der Waals surface area contributed by atoms with Gasteiger partial charge < -0.3 is 5.32 Å². The topological polar surface area (TPSA) is 29.9 Å². The van der Waals surface area contributed by atoms with Crippen molar-refractivity contribution in [2.75, 3.05) is 5.32 Å². The molecule has 0 amide bonds. The molecule has 0 saturated heterocycles. The number of aromatic nitrogens is 2. The first-order valence-electron chi connectivity index (χ1n) is 6.23. The van der Waals surface area contributed by atoms with Crippen molar-refractivity contribution in [2.45, 2.75) is 13.0 Å². The van der Waals surface area contributed by atoms with Gasteiger partial charge in [-0.05, 0) is 30.5 Å². The average molecular weight is 269 g/mol. The van der Waals surface area contributed by atoms with Crippen LogP contribution in [0.4, 0.5) is 5.95 Å². The number of imidazole rings is 1. The molecule has 0 fully saturated rings. The van der Waals surface area contributed by atoms with Crippen LogP contribution in [0.5, 0.6) is 0 Å². The van der Waals surface area contributed by atoms with Crippen molar-refractivity contribution >= 4 is 17.3 Å². The first kappa shape index (κ1) is 12.0.